The van der Waals surface area contributed by atoms with Crippen molar-refractivity contribution in [1.29, 1.82) is 0 Å². The van der Waals surface area contributed by atoms with Crippen molar-refractivity contribution >= 4 is 40.3 Å². The molecule has 2 fully saturated rings. The van der Waals surface area contributed by atoms with E-state index < -0.39 is 11.5 Å². The fourth-order valence-corrected chi connectivity index (χ4v) is 8.34. The molecule has 3 aliphatic rings. The van der Waals surface area contributed by atoms with Crippen molar-refractivity contribution in [3.63, 3.8) is 0 Å². The van der Waals surface area contributed by atoms with Gasteiger partial charge in [-0.05, 0) is 104 Å². The van der Waals surface area contributed by atoms with Crippen molar-refractivity contribution < 1.29 is 24.2 Å². The molecule has 0 atom stereocenters. The number of aryl methyl sites for hydroxylation is 1. The van der Waals surface area contributed by atoms with Crippen LogP contribution in [0.2, 0.25) is 0 Å². The number of ketones is 1. The van der Waals surface area contributed by atoms with Crippen molar-refractivity contribution in [1.82, 2.24) is 9.88 Å². The Bertz CT molecular complexity index is 2000. The second-order valence-corrected chi connectivity index (χ2v) is 14.4. The number of ether oxygens (including phenoxy) is 1. The number of amides is 1. The van der Waals surface area contributed by atoms with Gasteiger partial charge in [-0.1, -0.05) is 43.5 Å². The lowest BCUT2D eigenvalue weighted by Gasteiger charge is -2.41. The Balaban J connectivity index is 1.21. The summed E-state index contributed by atoms with van der Waals surface area (Å²) in [7, 11) is 2.14. The van der Waals surface area contributed by atoms with E-state index in [1.165, 1.54) is 60.0 Å². The van der Waals surface area contributed by atoms with E-state index in [-0.39, 0.29) is 18.1 Å². The van der Waals surface area contributed by atoms with Crippen molar-refractivity contribution in [2.24, 2.45) is 0 Å². The number of carbonyl (C=O) groups excluding carboxylic acids is 2. The third-order valence-electron chi connectivity index (χ3n) is 11.2. The van der Waals surface area contributed by atoms with Gasteiger partial charge in [-0.15, -0.1) is 0 Å². The van der Waals surface area contributed by atoms with Crippen LogP contribution in [0.3, 0.4) is 0 Å². The number of anilines is 1. The van der Waals surface area contributed by atoms with Crippen molar-refractivity contribution in [2.75, 3.05) is 25.1 Å². The normalized spacial score (nSPS) is 17.1. The van der Waals surface area contributed by atoms with Crippen LogP contribution in [-0.2, 0) is 22.6 Å². The van der Waals surface area contributed by atoms with E-state index in [2.05, 4.69) is 46.1 Å². The first-order chi connectivity index (χ1) is 24.2. The summed E-state index contributed by atoms with van der Waals surface area (Å²) in [5.41, 5.74) is 8.34. The molecule has 0 spiro atoms. The summed E-state index contributed by atoms with van der Waals surface area (Å²) in [6.45, 7) is 6.16. The number of benzene rings is 3. The summed E-state index contributed by atoms with van der Waals surface area (Å²) in [6.07, 6.45) is 11.1. The van der Waals surface area contributed by atoms with E-state index in [1.54, 1.807) is 6.08 Å². The fraction of sp³-hybridized carbons (Fsp3) is 0.405. The van der Waals surface area contributed by atoms with Gasteiger partial charge in [0.25, 0.3) is 5.91 Å². The van der Waals surface area contributed by atoms with Gasteiger partial charge in [-0.3, -0.25) is 9.59 Å². The number of aromatic nitrogens is 1. The second kappa shape index (κ2) is 13.8. The highest BCUT2D eigenvalue weighted by molar-refractivity contribution is 6.04. The van der Waals surface area contributed by atoms with E-state index in [0.717, 1.165) is 53.5 Å². The largest absolute Gasteiger partial charge is 0.494 e. The molecule has 8 heteroatoms. The number of hydrogen-bond acceptors (Lipinski definition) is 5. The van der Waals surface area contributed by atoms with Crippen LogP contribution in [-0.4, -0.2) is 53.1 Å². The molecule has 2 saturated carbocycles. The topological polar surface area (TPSA) is 101 Å². The highest BCUT2D eigenvalue weighted by Crippen LogP contribution is 2.48. The predicted molar refractivity (Wildman–Crippen MR) is 198 cm³/mol. The molecule has 0 saturated heterocycles. The number of rotatable bonds is 10. The number of nitrogens with zero attached hydrogens (tertiary/aromatic N) is 2. The van der Waals surface area contributed by atoms with Crippen LogP contribution in [0.25, 0.3) is 28.2 Å². The zero-order valence-corrected chi connectivity index (χ0v) is 29.4. The molecule has 1 aromatic heterocycles. The number of carbonyl (C=O) groups is 3. The van der Waals surface area contributed by atoms with Crippen LogP contribution in [0.15, 0.2) is 60.7 Å². The first kappa shape index (κ1) is 33.6. The molecule has 0 bridgehead atoms. The number of aliphatic carboxylic acids is 1. The van der Waals surface area contributed by atoms with Crippen molar-refractivity contribution in [3.05, 3.63) is 88.5 Å². The summed E-state index contributed by atoms with van der Waals surface area (Å²) < 4.78 is 8.34. The van der Waals surface area contributed by atoms with E-state index in [0.29, 0.717) is 30.9 Å². The van der Waals surface area contributed by atoms with Gasteiger partial charge in [-0.25, -0.2) is 4.79 Å². The molecule has 2 aliphatic carbocycles. The molecule has 50 heavy (non-hydrogen) atoms. The third-order valence-corrected chi connectivity index (χ3v) is 11.2. The third kappa shape index (κ3) is 6.32. The minimum Gasteiger partial charge on any atom is -0.494 e. The quantitative estimate of drug-likeness (QED) is 0.165. The van der Waals surface area contributed by atoms with E-state index in [1.807, 2.05) is 44.2 Å². The van der Waals surface area contributed by atoms with Gasteiger partial charge in [0.05, 0.1) is 17.8 Å². The molecule has 2 heterocycles. The van der Waals surface area contributed by atoms with Gasteiger partial charge in [0.2, 0.25) is 0 Å². The van der Waals surface area contributed by atoms with Gasteiger partial charge in [0.1, 0.15) is 5.75 Å². The zero-order valence-electron chi connectivity index (χ0n) is 29.4. The summed E-state index contributed by atoms with van der Waals surface area (Å²) in [6, 6.07) is 18.2. The predicted octanol–water partition coefficient (Wildman–Crippen LogP) is 8.08. The van der Waals surface area contributed by atoms with Gasteiger partial charge < -0.3 is 24.6 Å². The van der Waals surface area contributed by atoms with E-state index in [9.17, 15) is 14.4 Å². The monoisotopic (exact) mass is 673 g/mol. The molecule has 1 amide bonds. The molecule has 7 rings (SSSR count). The molecule has 4 aromatic rings. The van der Waals surface area contributed by atoms with Crippen LogP contribution in [0.4, 0.5) is 5.69 Å². The maximum Gasteiger partial charge on any atom is 0.328 e. The van der Waals surface area contributed by atoms with Crippen LogP contribution >= 0.6 is 0 Å². The summed E-state index contributed by atoms with van der Waals surface area (Å²) >= 11 is 0. The Hall–Kier alpha value is -4.85. The lowest BCUT2D eigenvalue weighted by atomic mass is 9.72. The second-order valence-electron chi connectivity index (χ2n) is 14.4. The Morgan fingerprint density at radius 1 is 0.980 bits per heavy atom. The number of likely N-dealkylation sites (N-methyl/N-ethyl adjacent to an activating group) is 1. The number of hydrogen-bond donors (Lipinski definition) is 2. The number of fused-ring (bicyclic) bond motifs is 5. The number of nitrogens with one attached hydrogen (secondary N) is 1. The maximum atomic E-state index is 14.0. The summed E-state index contributed by atoms with van der Waals surface area (Å²) in [4.78, 5) is 41.1. The summed E-state index contributed by atoms with van der Waals surface area (Å²) in [5.74, 6) is 0.130. The molecule has 0 unspecified atom stereocenters. The average Bonchev–Trinajstić information content (AvgIpc) is 3.34. The Labute approximate surface area is 294 Å². The lowest BCUT2D eigenvalue weighted by molar-refractivity contribution is -0.131. The molecule has 0 radical (unpaired) electrons. The van der Waals surface area contributed by atoms with Crippen molar-refractivity contribution in [3.8, 4) is 17.0 Å². The molecule has 3 aromatic carbocycles. The Morgan fingerprint density at radius 3 is 2.48 bits per heavy atom. The SMILES string of the molecule is CCOc1ccc2c(c1)N(C)CCn1c-2c(C2CCCCC2)c2ccc(C(=O)NC3(C(=O)Cc4ccc(/C=C/C(=O)O)c(C)c4)CCC3)cc21. The first-order valence-corrected chi connectivity index (χ1v) is 18.2. The minimum absolute atomic E-state index is 0.00797. The lowest BCUT2D eigenvalue weighted by Crippen LogP contribution is -2.59. The Kier molecular flexibility index (Phi) is 9.29. The van der Waals surface area contributed by atoms with Gasteiger partial charge in [0, 0.05) is 66.4 Å². The highest BCUT2D eigenvalue weighted by atomic mass is 16.5. The maximum absolute atomic E-state index is 14.0. The molecular weight excluding hydrogens is 626 g/mol. The zero-order chi connectivity index (χ0) is 35.0. The van der Waals surface area contributed by atoms with Crippen LogP contribution in [0.5, 0.6) is 5.75 Å². The highest BCUT2D eigenvalue weighted by Gasteiger charge is 2.45. The first-order valence-electron chi connectivity index (χ1n) is 18.2. The standard InChI is InChI=1S/C42H47N3O5/c1-4-50-32-15-17-34-35(26-32)44(3)21-22-45-36-25-31(13-16-33(36)39(40(34)45)30-9-6-5-7-10-30)41(49)43-42(19-8-20-42)37(46)24-28-11-12-29(27(2)23-28)14-18-38(47)48/h11-18,23,25-26,30H,4-10,19-22,24H2,1-3H3,(H,43,49)(H,47,48)/b18-14+. The number of Topliss-reactive ketones (excluding diaryl/α,β-unsaturated/α-hetero) is 1. The van der Waals surface area contributed by atoms with Crippen LogP contribution in [0, 0.1) is 6.92 Å². The van der Waals surface area contributed by atoms with Crippen LogP contribution in [0.1, 0.15) is 96.8 Å². The molecule has 1 aliphatic heterocycles. The number of carboxylic acid groups (broad SMARTS) is 1. The van der Waals surface area contributed by atoms with Gasteiger partial charge in [-0.2, -0.15) is 0 Å². The fourth-order valence-electron chi connectivity index (χ4n) is 8.34. The van der Waals surface area contributed by atoms with Gasteiger partial charge >= 0.3 is 5.97 Å². The Morgan fingerprint density at radius 2 is 1.78 bits per heavy atom. The molecule has 260 valence electrons. The van der Waals surface area contributed by atoms with Crippen LogP contribution < -0.4 is 15.0 Å². The van der Waals surface area contributed by atoms with E-state index in [4.69, 9.17) is 9.84 Å². The molecule has 2 N–H and O–H groups in total. The van der Waals surface area contributed by atoms with Crippen molar-refractivity contribution in [2.45, 2.75) is 89.6 Å². The minimum atomic E-state index is -1.00. The molecule has 8 nitrogen and oxygen atoms in total. The smallest absolute Gasteiger partial charge is 0.328 e. The van der Waals surface area contributed by atoms with Gasteiger partial charge in [0.15, 0.2) is 5.78 Å². The number of carboxylic acids is 1. The average molecular weight is 674 g/mol. The molecular formula is C42H47N3O5. The van der Waals surface area contributed by atoms with E-state index >= 15 is 0 Å². The summed E-state index contributed by atoms with van der Waals surface area (Å²) in [5, 5.41) is 13.4.